The summed E-state index contributed by atoms with van der Waals surface area (Å²) in [6.07, 6.45) is -2.29. The average molecular weight is 405 g/mol. The van der Waals surface area contributed by atoms with E-state index in [0.717, 1.165) is 0 Å². The molecule has 158 valence electrons. The van der Waals surface area contributed by atoms with Crippen molar-refractivity contribution in [2.75, 3.05) is 14.1 Å². The molecule has 12 heteroatoms. The van der Waals surface area contributed by atoms with E-state index in [1.54, 1.807) is 30.3 Å². The van der Waals surface area contributed by atoms with Crippen LogP contribution in [0, 0.1) is 0 Å². The molecule has 0 aliphatic rings. The second-order valence-corrected chi connectivity index (χ2v) is 4.75. The van der Waals surface area contributed by atoms with Crippen molar-refractivity contribution in [1.82, 2.24) is 5.32 Å². The number of aliphatic carboxylic acids is 3. The molecular formula is C16H23NO11. The fourth-order valence-electron chi connectivity index (χ4n) is 1.29. The Kier molecular flexibility index (Phi) is 17.7. The zero-order valence-electron chi connectivity index (χ0n) is 15.1. The molecule has 0 fully saturated rings. The predicted octanol–water partition coefficient (Wildman–Crippen LogP) is -0.327. The van der Waals surface area contributed by atoms with E-state index < -0.39 is 42.3 Å². The molecule has 0 aliphatic carbocycles. The minimum absolute atomic E-state index is 0.250. The van der Waals surface area contributed by atoms with E-state index in [2.05, 4.69) is 5.32 Å². The minimum atomic E-state index is -2.74. The summed E-state index contributed by atoms with van der Waals surface area (Å²) in [7, 11) is 3.75. The molecule has 0 unspecified atom stereocenters. The van der Waals surface area contributed by atoms with Gasteiger partial charge in [-0.3, -0.25) is 14.4 Å². The number of carboxylic acids is 4. The molecule has 0 amide bonds. The molecule has 0 heterocycles. The van der Waals surface area contributed by atoms with Gasteiger partial charge in [-0.25, -0.2) is 9.59 Å². The third-order valence-corrected chi connectivity index (χ3v) is 2.31. The van der Waals surface area contributed by atoms with Crippen molar-refractivity contribution in [3.63, 3.8) is 0 Å². The van der Waals surface area contributed by atoms with Gasteiger partial charge < -0.3 is 36.0 Å². The number of carboxylic acid groups (broad SMARTS) is 5. The van der Waals surface area contributed by atoms with Crippen molar-refractivity contribution in [3.8, 4) is 0 Å². The van der Waals surface area contributed by atoms with Gasteiger partial charge >= 0.3 is 23.9 Å². The lowest BCUT2D eigenvalue weighted by Gasteiger charge is -2.18. The standard InChI is InChI=1S/C7H6O2.C6H8O7.C2H7N.CH2O2/c8-7(9)6-4-2-1-3-5-6;7-3(8)1-6(13,5(11)12)2-4(9)10;1-3-2;2-1-3/h1-5H,(H,8,9);13H,1-2H2,(H,7,8)(H,9,10)(H,11,12);3H,1-2H3;1H,(H,2,3). The molecular weight excluding hydrogens is 382 g/mol. The molecule has 0 saturated carbocycles. The molecule has 0 aliphatic heterocycles. The summed E-state index contributed by atoms with van der Waals surface area (Å²) in [5.74, 6) is -5.90. The van der Waals surface area contributed by atoms with E-state index in [0.29, 0.717) is 5.56 Å². The number of aliphatic hydroxyl groups is 1. The number of rotatable bonds is 6. The van der Waals surface area contributed by atoms with Crippen LogP contribution in [0.25, 0.3) is 0 Å². The lowest BCUT2D eigenvalue weighted by atomic mass is 9.96. The van der Waals surface area contributed by atoms with Gasteiger partial charge in [0.25, 0.3) is 6.47 Å². The van der Waals surface area contributed by atoms with Gasteiger partial charge in [0.05, 0.1) is 18.4 Å². The second kappa shape index (κ2) is 16.9. The number of carbonyl (C=O) groups is 5. The van der Waals surface area contributed by atoms with Gasteiger partial charge in [-0.1, -0.05) is 18.2 Å². The summed E-state index contributed by atoms with van der Waals surface area (Å²) >= 11 is 0. The first-order valence-electron chi connectivity index (χ1n) is 7.25. The van der Waals surface area contributed by atoms with Crippen LogP contribution in [0.2, 0.25) is 0 Å². The van der Waals surface area contributed by atoms with Crippen LogP contribution in [0.4, 0.5) is 0 Å². The first-order chi connectivity index (χ1) is 12.9. The lowest BCUT2D eigenvalue weighted by molar-refractivity contribution is -0.170. The largest absolute Gasteiger partial charge is 0.483 e. The number of nitrogens with one attached hydrogen (secondary N) is 1. The Balaban J connectivity index is -0.000000358. The third kappa shape index (κ3) is 17.3. The molecule has 0 spiro atoms. The third-order valence-electron chi connectivity index (χ3n) is 2.31. The summed E-state index contributed by atoms with van der Waals surface area (Å²) in [4.78, 5) is 49.0. The highest BCUT2D eigenvalue weighted by molar-refractivity contribution is 5.88. The lowest BCUT2D eigenvalue weighted by Crippen LogP contribution is -2.42. The molecule has 1 aromatic rings. The monoisotopic (exact) mass is 405 g/mol. The molecule has 1 rings (SSSR count). The fourth-order valence-corrected chi connectivity index (χ4v) is 1.29. The number of hydrogen-bond acceptors (Lipinski definition) is 7. The fraction of sp³-hybridized carbons (Fsp3) is 0.312. The molecule has 0 bridgehead atoms. The van der Waals surface area contributed by atoms with Crippen molar-refractivity contribution < 1.29 is 54.6 Å². The Morgan fingerprint density at radius 1 is 0.929 bits per heavy atom. The Bertz CT molecular complexity index is 600. The van der Waals surface area contributed by atoms with E-state index in [4.69, 9.17) is 35.4 Å². The Morgan fingerprint density at radius 2 is 1.25 bits per heavy atom. The van der Waals surface area contributed by atoms with Gasteiger partial charge in [0.1, 0.15) is 0 Å². The maximum Gasteiger partial charge on any atom is 0.336 e. The van der Waals surface area contributed by atoms with Crippen molar-refractivity contribution in [1.29, 1.82) is 0 Å². The zero-order valence-corrected chi connectivity index (χ0v) is 15.1. The Labute approximate surface area is 159 Å². The summed E-state index contributed by atoms with van der Waals surface area (Å²) in [6.45, 7) is -0.250. The summed E-state index contributed by atoms with van der Waals surface area (Å²) in [6, 6.07) is 8.30. The van der Waals surface area contributed by atoms with E-state index in [-0.39, 0.29) is 6.47 Å². The highest BCUT2D eigenvalue weighted by Gasteiger charge is 2.40. The van der Waals surface area contributed by atoms with E-state index in [9.17, 15) is 19.2 Å². The molecule has 0 aromatic heterocycles. The van der Waals surface area contributed by atoms with Crippen LogP contribution in [0.3, 0.4) is 0 Å². The topological polar surface area (TPSA) is 219 Å². The second-order valence-electron chi connectivity index (χ2n) is 4.75. The van der Waals surface area contributed by atoms with E-state index in [1.807, 2.05) is 14.1 Å². The number of benzene rings is 1. The van der Waals surface area contributed by atoms with Gasteiger partial charge in [-0.05, 0) is 26.2 Å². The smallest absolute Gasteiger partial charge is 0.336 e. The highest BCUT2D eigenvalue weighted by Crippen LogP contribution is 2.15. The first kappa shape index (κ1) is 29.3. The van der Waals surface area contributed by atoms with Gasteiger partial charge in [0.15, 0.2) is 5.60 Å². The normalized spacial score (nSPS) is 8.96. The van der Waals surface area contributed by atoms with Crippen LogP contribution in [-0.2, 0) is 19.2 Å². The molecule has 0 radical (unpaired) electrons. The highest BCUT2D eigenvalue weighted by atomic mass is 16.4. The molecule has 0 saturated heterocycles. The van der Waals surface area contributed by atoms with E-state index >= 15 is 0 Å². The van der Waals surface area contributed by atoms with Crippen LogP contribution < -0.4 is 5.32 Å². The molecule has 12 nitrogen and oxygen atoms in total. The van der Waals surface area contributed by atoms with Gasteiger partial charge in [-0.2, -0.15) is 0 Å². The van der Waals surface area contributed by atoms with Crippen LogP contribution >= 0.6 is 0 Å². The molecule has 7 N–H and O–H groups in total. The quantitative estimate of drug-likeness (QED) is 0.303. The van der Waals surface area contributed by atoms with Gasteiger partial charge in [-0.15, -0.1) is 0 Å². The summed E-state index contributed by atoms with van der Waals surface area (Å²) in [5.41, 5.74) is -2.41. The van der Waals surface area contributed by atoms with Crippen molar-refractivity contribution in [2.24, 2.45) is 0 Å². The van der Waals surface area contributed by atoms with Crippen LogP contribution in [0.5, 0.6) is 0 Å². The number of hydrogen-bond donors (Lipinski definition) is 7. The Hall–Kier alpha value is -3.51. The number of aromatic carboxylic acids is 1. The van der Waals surface area contributed by atoms with Crippen LogP contribution in [0.15, 0.2) is 30.3 Å². The van der Waals surface area contributed by atoms with Gasteiger partial charge in [0, 0.05) is 0 Å². The van der Waals surface area contributed by atoms with Gasteiger partial charge in [0.2, 0.25) is 0 Å². The predicted molar refractivity (Wildman–Crippen MR) is 94.2 cm³/mol. The van der Waals surface area contributed by atoms with Crippen molar-refractivity contribution in [2.45, 2.75) is 18.4 Å². The summed E-state index contributed by atoms with van der Waals surface area (Å²) < 4.78 is 0. The van der Waals surface area contributed by atoms with Crippen LogP contribution in [0.1, 0.15) is 23.2 Å². The average Bonchev–Trinajstić information content (AvgIpc) is 2.56. The SMILES string of the molecule is CNC.O=C(O)CC(O)(CC(=O)O)C(=O)O.O=C(O)c1ccccc1.O=CO. The molecule has 0 atom stereocenters. The first-order valence-corrected chi connectivity index (χ1v) is 7.25. The minimum Gasteiger partial charge on any atom is -0.483 e. The maximum atomic E-state index is 10.3. The zero-order chi connectivity index (χ0) is 22.8. The summed E-state index contributed by atoms with van der Waals surface area (Å²) in [5, 5.41) is 51.8. The van der Waals surface area contributed by atoms with Crippen LogP contribution in [-0.4, -0.2) is 80.7 Å². The maximum absolute atomic E-state index is 10.3. The van der Waals surface area contributed by atoms with Crippen molar-refractivity contribution in [3.05, 3.63) is 35.9 Å². The van der Waals surface area contributed by atoms with E-state index in [1.165, 1.54) is 0 Å². The van der Waals surface area contributed by atoms with Crippen molar-refractivity contribution >= 4 is 30.3 Å². The molecule has 1 aromatic carbocycles. The Morgan fingerprint density at radius 3 is 1.43 bits per heavy atom. The molecule has 28 heavy (non-hydrogen) atoms.